The highest BCUT2D eigenvalue weighted by Crippen LogP contribution is 2.16. The minimum atomic E-state index is -0.156. The van der Waals surface area contributed by atoms with Crippen molar-refractivity contribution in [2.24, 2.45) is 0 Å². The molecular weight excluding hydrogens is 320 g/mol. The molecule has 2 amide bonds. The number of carbonyl (C=O) groups is 2. The minimum Gasteiger partial charge on any atom is -0.484 e. The molecule has 2 aromatic rings. The van der Waals surface area contributed by atoms with Crippen LogP contribution in [0.4, 0.5) is 0 Å². The number of nitrogens with zero attached hydrogens (tertiary/aromatic N) is 4. The lowest BCUT2D eigenvalue weighted by molar-refractivity contribution is -0.134. The van der Waals surface area contributed by atoms with E-state index in [-0.39, 0.29) is 18.4 Å². The molecule has 2 heterocycles. The van der Waals surface area contributed by atoms with Crippen LogP contribution in [0.15, 0.2) is 42.9 Å². The van der Waals surface area contributed by atoms with Gasteiger partial charge in [-0.1, -0.05) is 18.2 Å². The van der Waals surface area contributed by atoms with E-state index in [1.54, 1.807) is 9.80 Å². The quantitative estimate of drug-likeness (QED) is 0.834. The summed E-state index contributed by atoms with van der Waals surface area (Å²) in [6.45, 7) is 3.88. The molecule has 7 nitrogen and oxygen atoms in total. The second-order valence-corrected chi connectivity index (χ2v) is 5.82. The lowest BCUT2D eigenvalue weighted by atomic mass is 10.2. The molecule has 1 aliphatic heterocycles. The number of hydrogen-bond donors (Lipinski definition) is 0. The molecule has 0 aliphatic carbocycles. The van der Waals surface area contributed by atoms with Gasteiger partial charge < -0.3 is 14.5 Å². The van der Waals surface area contributed by atoms with Crippen molar-refractivity contribution in [3.8, 4) is 5.75 Å². The molecule has 1 aliphatic rings. The van der Waals surface area contributed by atoms with Crippen molar-refractivity contribution in [1.82, 2.24) is 19.8 Å². The van der Waals surface area contributed by atoms with Crippen LogP contribution < -0.4 is 4.74 Å². The van der Waals surface area contributed by atoms with Crippen LogP contribution in [-0.4, -0.2) is 64.4 Å². The van der Waals surface area contributed by atoms with Gasteiger partial charge in [0.05, 0.1) is 6.20 Å². The van der Waals surface area contributed by atoms with E-state index in [9.17, 15) is 9.59 Å². The van der Waals surface area contributed by atoms with E-state index in [0.717, 1.165) is 5.56 Å². The highest BCUT2D eigenvalue weighted by atomic mass is 16.5. The topological polar surface area (TPSA) is 75.6 Å². The predicted octanol–water partition coefficient (Wildman–Crippen LogP) is 1.15. The molecular formula is C18H20N4O3. The summed E-state index contributed by atoms with van der Waals surface area (Å²) >= 11 is 0. The summed E-state index contributed by atoms with van der Waals surface area (Å²) in [5.74, 6) is 0.485. The van der Waals surface area contributed by atoms with E-state index in [4.69, 9.17) is 4.74 Å². The fourth-order valence-corrected chi connectivity index (χ4v) is 2.68. The van der Waals surface area contributed by atoms with Gasteiger partial charge in [-0.3, -0.25) is 14.6 Å². The zero-order chi connectivity index (χ0) is 17.6. The Morgan fingerprint density at radius 2 is 1.80 bits per heavy atom. The maximum atomic E-state index is 12.3. The highest BCUT2D eigenvalue weighted by molar-refractivity contribution is 5.92. The van der Waals surface area contributed by atoms with Gasteiger partial charge in [-0.2, -0.15) is 0 Å². The fraction of sp³-hybridized carbons (Fsp3) is 0.333. The zero-order valence-electron chi connectivity index (χ0n) is 14.1. The molecule has 1 aromatic heterocycles. The third kappa shape index (κ3) is 4.12. The summed E-state index contributed by atoms with van der Waals surface area (Å²) in [6, 6.07) is 7.60. The fourth-order valence-electron chi connectivity index (χ4n) is 2.68. The van der Waals surface area contributed by atoms with Crippen LogP contribution in [0, 0.1) is 6.92 Å². The molecule has 3 rings (SSSR count). The summed E-state index contributed by atoms with van der Waals surface area (Å²) in [4.78, 5) is 36.0. The van der Waals surface area contributed by atoms with Gasteiger partial charge in [-0.15, -0.1) is 0 Å². The van der Waals surface area contributed by atoms with Crippen LogP contribution in [0.3, 0.4) is 0 Å². The Morgan fingerprint density at radius 1 is 1.08 bits per heavy atom. The van der Waals surface area contributed by atoms with Crippen LogP contribution in [-0.2, 0) is 4.79 Å². The summed E-state index contributed by atoms with van der Waals surface area (Å²) < 4.78 is 5.61. The Hall–Kier alpha value is -2.96. The van der Waals surface area contributed by atoms with Gasteiger partial charge in [0.2, 0.25) is 0 Å². The van der Waals surface area contributed by atoms with Gasteiger partial charge in [0.25, 0.3) is 11.8 Å². The Balaban J connectivity index is 1.49. The van der Waals surface area contributed by atoms with Crippen molar-refractivity contribution in [3.05, 3.63) is 54.1 Å². The minimum absolute atomic E-state index is 0.00294. The summed E-state index contributed by atoms with van der Waals surface area (Å²) in [6.07, 6.45) is 4.48. The van der Waals surface area contributed by atoms with E-state index in [2.05, 4.69) is 9.97 Å². The molecule has 0 atom stereocenters. The number of para-hydroxylation sites is 1. The molecule has 0 unspecified atom stereocenters. The Morgan fingerprint density at radius 3 is 2.48 bits per heavy atom. The molecule has 25 heavy (non-hydrogen) atoms. The molecule has 0 radical (unpaired) electrons. The third-order valence-corrected chi connectivity index (χ3v) is 4.15. The number of amides is 2. The van der Waals surface area contributed by atoms with Gasteiger partial charge >= 0.3 is 0 Å². The second kappa shape index (κ2) is 7.74. The van der Waals surface area contributed by atoms with Crippen molar-refractivity contribution in [2.75, 3.05) is 32.8 Å². The number of aryl methyl sites for hydroxylation is 1. The van der Waals surface area contributed by atoms with Crippen molar-refractivity contribution in [1.29, 1.82) is 0 Å². The first-order chi connectivity index (χ1) is 12.1. The van der Waals surface area contributed by atoms with Crippen molar-refractivity contribution < 1.29 is 14.3 Å². The zero-order valence-corrected chi connectivity index (χ0v) is 14.1. The molecule has 0 saturated carbocycles. The lowest BCUT2D eigenvalue weighted by Crippen LogP contribution is -2.51. The molecule has 0 N–H and O–H groups in total. The van der Waals surface area contributed by atoms with Gasteiger partial charge in [-0.25, -0.2) is 4.98 Å². The van der Waals surface area contributed by atoms with Crippen molar-refractivity contribution >= 4 is 11.8 Å². The van der Waals surface area contributed by atoms with Crippen molar-refractivity contribution in [3.63, 3.8) is 0 Å². The van der Waals surface area contributed by atoms with E-state index in [1.165, 1.54) is 18.6 Å². The third-order valence-electron chi connectivity index (χ3n) is 4.15. The summed E-state index contributed by atoms with van der Waals surface area (Å²) in [5.41, 5.74) is 1.32. The number of benzene rings is 1. The van der Waals surface area contributed by atoms with Gasteiger partial charge in [-0.05, 0) is 18.6 Å². The monoisotopic (exact) mass is 340 g/mol. The van der Waals surface area contributed by atoms with Gasteiger partial charge in [0.15, 0.2) is 6.61 Å². The van der Waals surface area contributed by atoms with Crippen LogP contribution in [0.1, 0.15) is 16.1 Å². The standard InChI is InChI=1S/C18H20N4O3/c1-14-4-2-3-5-16(14)25-13-17(23)21-8-10-22(11-9-21)18(24)15-12-19-6-7-20-15/h2-7,12H,8-11,13H2,1H3. The number of rotatable bonds is 4. The Labute approximate surface area is 146 Å². The first kappa shape index (κ1) is 16.9. The van der Waals surface area contributed by atoms with E-state index in [1.807, 2.05) is 31.2 Å². The average molecular weight is 340 g/mol. The largest absolute Gasteiger partial charge is 0.484 e. The molecule has 0 bridgehead atoms. The summed E-state index contributed by atoms with van der Waals surface area (Å²) in [5, 5.41) is 0. The average Bonchev–Trinajstić information content (AvgIpc) is 2.67. The van der Waals surface area contributed by atoms with E-state index < -0.39 is 0 Å². The molecule has 130 valence electrons. The maximum absolute atomic E-state index is 12.3. The van der Waals surface area contributed by atoms with Crippen LogP contribution >= 0.6 is 0 Å². The SMILES string of the molecule is Cc1ccccc1OCC(=O)N1CCN(C(=O)c2cnccn2)CC1. The Bertz CT molecular complexity index is 743. The number of hydrogen-bond acceptors (Lipinski definition) is 5. The molecule has 1 fully saturated rings. The lowest BCUT2D eigenvalue weighted by Gasteiger charge is -2.34. The predicted molar refractivity (Wildman–Crippen MR) is 91.2 cm³/mol. The first-order valence-electron chi connectivity index (χ1n) is 8.16. The first-order valence-corrected chi connectivity index (χ1v) is 8.16. The van der Waals surface area contributed by atoms with Crippen molar-refractivity contribution in [2.45, 2.75) is 6.92 Å². The Kier molecular flexibility index (Phi) is 5.23. The molecule has 1 saturated heterocycles. The molecule has 7 heteroatoms. The number of ether oxygens (including phenoxy) is 1. The van der Waals surface area contributed by atoms with Crippen LogP contribution in [0.25, 0.3) is 0 Å². The number of carbonyl (C=O) groups excluding carboxylic acids is 2. The number of piperazine rings is 1. The van der Waals surface area contributed by atoms with Gasteiger partial charge in [0, 0.05) is 38.6 Å². The second-order valence-electron chi connectivity index (χ2n) is 5.82. The normalized spacial score (nSPS) is 14.3. The smallest absolute Gasteiger partial charge is 0.274 e. The van der Waals surface area contributed by atoms with Crippen LogP contribution in [0.2, 0.25) is 0 Å². The molecule has 0 spiro atoms. The van der Waals surface area contributed by atoms with E-state index >= 15 is 0 Å². The van der Waals surface area contributed by atoms with E-state index in [0.29, 0.717) is 37.6 Å². The maximum Gasteiger partial charge on any atom is 0.274 e. The number of aromatic nitrogens is 2. The summed E-state index contributed by atoms with van der Waals surface area (Å²) in [7, 11) is 0. The highest BCUT2D eigenvalue weighted by Gasteiger charge is 2.25. The van der Waals surface area contributed by atoms with Crippen LogP contribution in [0.5, 0.6) is 5.75 Å². The van der Waals surface area contributed by atoms with Gasteiger partial charge in [0.1, 0.15) is 11.4 Å². The molecule has 1 aromatic carbocycles.